The van der Waals surface area contributed by atoms with Crippen LogP contribution in [0.2, 0.25) is 5.02 Å². The van der Waals surface area contributed by atoms with Gasteiger partial charge in [-0.1, -0.05) is 29.8 Å². The summed E-state index contributed by atoms with van der Waals surface area (Å²) in [5.41, 5.74) is 3.35. The smallest absolute Gasteiger partial charge is 0.261 e. The van der Waals surface area contributed by atoms with Gasteiger partial charge in [-0.05, 0) is 30.7 Å². The van der Waals surface area contributed by atoms with Crippen LogP contribution in [0.25, 0.3) is 33.0 Å². The minimum atomic E-state index is -0.475. The maximum absolute atomic E-state index is 12.9. The molecule has 0 bridgehead atoms. The number of carbonyl (C=O) groups excluding carboxylic acids is 2. The van der Waals surface area contributed by atoms with Gasteiger partial charge in [0.1, 0.15) is 5.69 Å². The van der Waals surface area contributed by atoms with Crippen LogP contribution in [0.5, 0.6) is 0 Å². The van der Waals surface area contributed by atoms with E-state index in [2.05, 4.69) is 10.4 Å². The molecule has 8 heteroatoms. The molecule has 4 aromatic rings. The number of aliphatic hydroxyl groups excluding tert-OH is 1. The van der Waals surface area contributed by atoms with Crippen LogP contribution in [0, 0.1) is 0 Å². The zero-order chi connectivity index (χ0) is 21.7. The van der Waals surface area contributed by atoms with Gasteiger partial charge in [0.05, 0.1) is 16.7 Å². The summed E-state index contributed by atoms with van der Waals surface area (Å²) in [4.78, 5) is 25.9. The standard InChI is InChI=1S/C23H19ClN4O3/c1-27-12-16(15-11-13(24)7-8-17(15)27)19-20(23(31)25-22(19)30)21-14-5-2-3-6-18(14)28(26-21)9-4-10-29/h2-3,5-8,11-12,29H,4,9-10H2,1H3,(H,25,30,31). The minimum absolute atomic E-state index is 0.0349. The number of aliphatic hydroxyl groups is 1. The Morgan fingerprint density at radius 3 is 2.61 bits per heavy atom. The first kappa shape index (κ1) is 19.5. The summed E-state index contributed by atoms with van der Waals surface area (Å²) in [5.74, 6) is -0.932. The largest absolute Gasteiger partial charge is 0.396 e. The molecule has 156 valence electrons. The van der Waals surface area contributed by atoms with Crippen LogP contribution in [0.3, 0.4) is 0 Å². The fourth-order valence-electron chi connectivity index (χ4n) is 4.20. The molecule has 0 spiro atoms. The lowest BCUT2D eigenvalue weighted by atomic mass is 9.97. The highest BCUT2D eigenvalue weighted by Crippen LogP contribution is 2.38. The Morgan fingerprint density at radius 2 is 1.81 bits per heavy atom. The van der Waals surface area contributed by atoms with Crippen molar-refractivity contribution in [1.82, 2.24) is 19.7 Å². The second-order valence-electron chi connectivity index (χ2n) is 7.51. The van der Waals surface area contributed by atoms with Gasteiger partial charge in [-0.25, -0.2) is 0 Å². The molecule has 7 nitrogen and oxygen atoms in total. The maximum Gasteiger partial charge on any atom is 0.261 e. The molecule has 0 radical (unpaired) electrons. The highest BCUT2D eigenvalue weighted by atomic mass is 35.5. The Morgan fingerprint density at radius 1 is 1.03 bits per heavy atom. The molecule has 1 aliphatic rings. The van der Waals surface area contributed by atoms with Gasteiger partial charge in [0, 0.05) is 53.3 Å². The maximum atomic E-state index is 12.9. The number of nitrogens with zero attached hydrogens (tertiary/aromatic N) is 3. The van der Waals surface area contributed by atoms with Crippen molar-refractivity contribution in [1.29, 1.82) is 0 Å². The van der Waals surface area contributed by atoms with E-state index in [1.54, 1.807) is 16.8 Å². The molecule has 2 amide bonds. The summed E-state index contributed by atoms with van der Waals surface area (Å²) in [5, 5.41) is 18.5. The quantitative estimate of drug-likeness (QED) is 0.472. The summed E-state index contributed by atoms with van der Waals surface area (Å²) < 4.78 is 3.67. The number of imide groups is 1. The van der Waals surface area contributed by atoms with Crippen molar-refractivity contribution in [3.05, 3.63) is 64.9 Å². The lowest BCUT2D eigenvalue weighted by Gasteiger charge is -2.02. The molecule has 1 aliphatic heterocycles. The van der Waals surface area contributed by atoms with Crippen LogP contribution in [-0.2, 0) is 23.2 Å². The van der Waals surface area contributed by atoms with Crippen molar-refractivity contribution in [2.75, 3.05) is 6.61 Å². The van der Waals surface area contributed by atoms with Crippen LogP contribution in [0.15, 0.2) is 48.7 Å². The molecule has 2 aromatic heterocycles. The third kappa shape index (κ3) is 3.05. The van der Waals surface area contributed by atoms with E-state index in [4.69, 9.17) is 11.6 Å². The summed E-state index contributed by atoms with van der Waals surface area (Å²) in [7, 11) is 1.88. The monoisotopic (exact) mass is 434 g/mol. The normalized spacial score (nSPS) is 14.3. The van der Waals surface area contributed by atoms with Gasteiger partial charge in [0.25, 0.3) is 11.8 Å². The Kier molecular flexibility index (Phi) is 4.64. The van der Waals surface area contributed by atoms with Gasteiger partial charge < -0.3 is 9.67 Å². The summed E-state index contributed by atoms with van der Waals surface area (Å²) in [6.45, 7) is 0.534. The van der Waals surface area contributed by atoms with Crippen molar-refractivity contribution < 1.29 is 14.7 Å². The number of benzene rings is 2. The first-order chi connectivity index (χ1) is 15.0. The fraction of sp³-hybridized carbons (Fsp3) is 0.174. The Hall–Kier alpha value is -3.42. The van der Waals surface area contributed by atoms with Crippen LogP contribution in [0.1, 0.15) is 17.7 Å². The minimum Gasteiger partial charge on any atom is -0.396 e. The number of nitrogens with one attached hydrogen (secondary N) is 1. The number of fused-ring (bicyclic) bond motifs is 2. The van der Waals surface area contributed by atoms with Gasteiger partial charge in [-0.15, -0.1) is 0 Å². The SMILES string of the molecule is Cn1cc(C2=C(c3nn(CCCO)c4ccccc34)C(=O)NC2=O)c2cc(Cl)ccc21. The van der Waals surface area contributed by atoms with Crippen LogP contribution < -0.4 is 5.32 Å². The van der Waals surface area contributed by atoms with Crippen molar-refractivity contribution in [3.8, 4) is 0 Å². The molecular formula is C23H19ClN4O3. The molecule has 0 fully saturated rings. The Bertz CT molecular complexity index is 1410. The predicted molar refractivity (Wildman–Crippen MR) is 119 cm³/mol. The predicted octanol–water partition coefficient (Wildman–Crippen LogP) is 3.13. The average molecular weight is 435 g/mol. The third-order valence-corrected chi connectivity index (χ3v) is 5.81. The van der Waals surface area contributed by atoms with Crippen molar-refractivity contribution >= 4 is 56.4 Å². The van der Waals surface area contributed by atoms with Gasteiger partial charge >= 0.3 is 0 Å². The van der Waals surface area contributed by atoms with Gasteiger partial charge in [0.15, 0.2) is 0 Å². The molecule has 5 rings (SSSR count). The second-order valence-corrected chi connectivity index (χ2v) is 7.95. The number of aromatic nitrogens is 3. The van der Waals surface area contributed by atoms with E-state index in [1.807, 2.05) is 48.1 Å². The number of hydrogen-bond acceptors (Lipinski definition) is 4. The number of halogens is 1. The number of para-hydroxylation sites is 1. The number of carbonyl (C=O) groups is 2. The molecule has 0 atom stereocenters. The van der Waals surface area contributed by atoms with Crippen LogP contribution in [0.4, 0.5) is 0 Å². The van der Waals surface area contributed by atoms with E-state index in [9.17, 15) is 14.7 Å². The van der Waals surface area contributed by atoms with E-state index in [-0.39, 0.29) is 17.8 Å². The van der Waals surface area contributed by atoms with Crippen molar-refractivity contribution in [2.24, 2.45) is 7.05 Å². The lowest BCUT2D eigenvalue weighted by molar-refractivity contribution is -0.122. The van der Waals surface area contributed by atoms with Gasteiger partial charge in [0.2, 0.25) is 0 Å². The van der Waals surface area contributed by atoms with Crippen molar-refractivity contribution in [2.45, 2.75) is 13.0 Å². The zero-order valence-electron chi connectivity index (χ0n) is 16.7. The average Bonchev–Trinajstić information content (AvgIpc) is 3.37. The Labute approximate surface area is 182 Å². The fourth-order valence-corrected chi connectivity index (χ4v) is 4.38. The molecule has 2 aromatic carbocycles. The summed E-state index contributed by atoms with van der Waals surface area (Å²) in [6, 6.07) is 13.0. The van der Waals surface area contributed by atoms with E-state index in [0.29, 0.717) is 29.2 Å². The summed E-state index contributed by atoms with van der Waals surface area (Å²) >= 11 is 6.23. The van der Waals surface area contributed by atoms with Crippen LogP contribution >= 0.6 is 11.6 Å². The van der Waals surface area contributed by atoms with E-state index in [0.717, 1.165) is 21.8 Å². The van der Waals surface area contributed by atoms with E-state index in [1.165, 1.54) is 0 Å². The lowest BCUT2D eigenvalue weighted by Crippen LogP contribution is -2.22. The number of amides is 2. The molecule has 0 unspecified atom stereocenters. The first-order valence-corrected chi connectivity index (χ1v) is 10.3. The topological polar surface area (TPSA) is 89.2 Å². The highest BCUT2D eigenvalue weighted by Gasteiger charge is 2.36. The number of rotatable bonds is 5. The molecule has 2 N–H and O–H groups in total. The molecule has 31 heavy (non-hydrogen) atoms. The second kappa shape index (κ2) is 7.37. The molecule has 3 heterocycles. The number of hydrogen-bond donors (Lipinski definition) is 2. The molecule has 0 saturated heterocycles. The van der Waals surface area contributed by atoms with Gasteiger partial charge in [-0.2, -0.15) is 5.10 Å². The van der Waals surface area contributed by atoms with E-state index >= 15 is 0 Å². The number of aryl methyl sites for hydroxylation is 2. The summed E-state index contributed by atoms with van der Waals surface area (Å²) in [6.07, 6.45) is 2.36. The van der Waals surface area contributed by atoms with Crippen LogP contribution in [-0.4, -0.2) is 37.9 Å². The first-order valence-electron chi connectivity index (χ1n) is 9.91. The zero-order valence-corrected chi connectivity index (χ0v) is 17.5. The molecule has 0 saturated carbocycles. The highest BCUT2D eigenvalue weighted by molar-refractivity contribution is 6.50. The Balaban J connectivity index is 1.81. The molecule has 0 aliphatic carbocycles. The van der Waals surface area contributed by atoms with Gasteiger partial charge in [-0.3, -0.25) is 19.6 Å². The molecular weight excluding hydrogens is 416 g/mol. The van der Waals surface area contributed by atoms with Crippen molar-refractivity contribution in [3.63, 3.8) is 0 Å². The third-order valence-electron chi connectivity index (χ3n) is 5.57. The van der Waals surface area contributed by atoms with E-state index < -0.39 is 11.8 Å².